The number of aromatic hydroxyl groups is 1. The molecule has 0 bridgehead atoms. The number of aromatic nitrogens is 2. The van der Waals surface area contributed by atoms with E-state index in [0.717, 1.165) is 17.7 Å². The maximum atomic E-state index is 13.1. The Bertz CT molecular complexity index is 1090. The van der Waals surface area contributed by atoms with Crippen molar-refractivity contribution in [2.75, 3.05) is 0 Å². The van der Waals surface area contributed by atoms with Crippen molar-refractivity contribution in [2.24, 2.45) is 0 Å². The van der Waals surface area contributed by atoms with Gasteiger partial charge in [0.1, 0.15) is 11.6 Å². The lowest BCUT2D eigenvalue weighted by Gasteiger charge is -2.13. The monoisotopic (exact) mass is 354 g/mol. The second-order valence-corrected chi connectivity index (χ2v) is 5.86. The SMILES string of the molecule is Oc1ccc2nc(-c3ccccc3)n(-c3cccc(C(F)(F)F)c3)c2c1. The van der Waals surface area contributed by atoms with Crippen molar-refractivity contribution in [3.05, 3.63) is 78.4 Å². The fraction of sp³-hybridized carbons (Fsp3) is 0.0500. The Morgan fingerprint density at radius 2 is 1.62 bits per heavy atom. The van der Waals surface area contributed by atoms with Crippen LogP contribution in [0.5, 0.6) is 5.75 Å². The predicted molar refractivity (Wildman–Crippen MR) is 93.2 cm³/mol. The van der Waals surface area contributed by atoms with Gasteiger partial charge in [-0.25, -0.2) is 4.98 Å². The largest absolute Gasteiger partial charge is 0.508 e. The fourth-order valence-corrected chi connectivity index (χ4v) is 2.93. The zero-order valence-electron chi connectivity index (χ0n) is 13.4. The molecule has 0 unspecified atom stereocenters. The molecule has 4 rings (SSSR count). The highest BCUT2D eigenvalue weighted by Crippen LogP contribution is 2.34. The van der Waals surface area contributed by atoms with Crippen molar-refractivity contribution < 1.29 is 18.3 Å². The van der Waals surface area contributed by atoms with Gasteiger partial charge in [0.25, 0.3) is 0 Å². The Morgan fingerprint density at radius 3 is 2.35 bits per heavy atom. The first-order valence-corrected chi connectivity index (χ1v) is 7.88. The number of imidazole rings is 1. The van der Waals surface area contributed by atoms with Crippen LogP contribution in [0.25, 0.3) is 28.1 Å². The van der Waals surface area contributed by atoms with Crippen LogP contribution in [0.3, 0.4) is 0 Å². The summed E-state index contributed by atoms with van der Waals surface area (Å²) in [7, 11) is 0. The Balaban J connectivity index is 2.03. The van der Waals surface area contributed by atoms with Crippen LogP contribution in [0, 0.1) is 0 Å². The molecule has 1 heterocycles. The molecule has 6 heteroatoms. The van der Waals surface area contributed by atoms with Crippen molar-refractivity contribution in [1.29, 1.82) is 0 Å². The third kappa shape index (κ3) is 2.79. The number of hydrogen-bond donors (Lipinski definition) is 1. The van der Waals surface area contributed by atoms with Crippen LogP contribution in [-0.2, 0) is 6.18 Å². The van der Waals surface area contributed by atoms with Gasteiger partial charge in [0, 0.05) is 17.3 Å². The first-order chi connectivity index (χ1) is 12.4. The van der Waals surface area contributed by atoms with E-state index in [9.17, 15) is 18.3 Å². The predicted octanol–water partition coefficient (Wildman–Crippen LogP) is 5.42. The van der Waals surface area contributed by atoms with E-state index >= 15 is 0 Å². The lowest BCUT2D eigenvalue weighted by Crippen LogP contribution is -2.06. The number of alkyl halides is 3. The number of nitrogens with zero attached hydrogens (tertiary/aromatic N) is 2. The first kappa shape index (κ1) is 16.2. The minimum atomic E-state index is -4.44. The number of benzene rings is 3. The Hall–Kier alpha value is -3.28. The maximum absolute atomic E-state index is 13.1. The van der Waals surface area contributed by atoms with Gasteiger partial charge in [0.05, 0.1) is 16.6 Å². The van der Waals surface area contributed by atoms with Crippen LogP contribution in [0.2, 0.25) is 0 Å². The highest BCUT2D eigenvalue weighted by Gasteiger charge is 2.31. The summed E-state index contributed by atoms with van der Waals surface area (Å²) in [5.41, 5.74) is 1.46. The Labute approximate surface area is 147 Å². The summed E-state index contributed by atoms with van der Waals surface area (Å²) < 4.78 is 41.1. The third-order valence-electron chi connectivity index (χ3n) is 4.10. The average Bonchev–Trinajstić information content (AvgIpc) is 3.00. The van der Waals surface area contributed by atoms with Crippen LogP contribution in [0.1, 0.15) is 5.56 Å². The van der Waals surface area contributed by atoms with E-state index in [1.165, 1.54) is 18.2 Å². The summed E-state index contributed by atoms with van der Waals surface area (Å²) in [6, 6.07) is 18.9. The topological polar surface area (TPSA) is 38.1 Å². The van der Waals surface area contributed by atoms with E-state index in [1.807, 2.05) is 30.3 Å². The molecule has 0 saturated heterocycles. The van der Waals surface area contributed by atoms with Gasteiger partial charge in [-0.3, -0.25) is 4.57 Å². The van der Waals surface area contributed by atoms with Gasteiger partial charge >= 0.3 is 6.18 Å². The van der Waals surface area contributed by atoms with Crippen LogP contribution in [-0.4, -0.2) is 14.7 Å². The van der Waals surface area contributed by atoms with E-state index in [1.54, 1.807) is 16.7 Å². The summed E-state index contributed by atoms with van der Waals surface area (Å²) in [6.45, 7) is 0. The molecule has 1 aromatic heterocycles. The van der Waals surface area contributed by atoms with Gasteiger partial charge in [-0.15, -0.1) is 0 Å². The average molecular weight is 354 g/mol. The molecule has 3 aromatic carbocycles. The highest BCUT2D eigenvalue weighted by atomic mass is 19.4. The Kier molecular flexibility index (Phi) is 3.68. The number of hydrogen-bond acceptors (Lipinski definition) is 2. The first-order valence-electron chi connectivity index (χ1n) is 7.88. The van der Waals surface area contributed by atoms with Crippen molar-refractivity contribution in [2.45, 2.75) is 6.18 Å². The van der Waals surface area contributed by atoms with E-state index in [2.05, 4.69) is 4.98 Å². The minimum absolute atomic E-state index is 0.0187. The van der Waals surface area contributed by atoms with Gasteiger partial charge in [0.15, 0.2) is 0 Å². The van der Waals surface area contributed by atoms with Crippen LogP contribution < -0.4 is 0 Å². The molecule has 0 fully saturated rings. The van der Waals surface area contributed by atoms with Crippen LogP contribution in [0.15, 0.2) is 72.8 Å². The number of fused-ring (bicyclic) bond motifs is 1. The minimum Gasteiger partial charge on any atom is -0.508 e. The van der Waals surface area contributed by atoms with Gasteiger partial charge in [-0.1, -0.05) is 36.4 Å². The lowest BCUT2D eigenvalue weighted by molar-refractivity contribution is -0.137. The molecule has 0 spiro atoms. The zero-order chi connectivity index (χ0) is 18.3. The molecule has 0 amide bonds. The maximum Gasteiger partial charge on any atom is 0.416 e. The van der Waals surface area contributed by atoms with Gasteiger partial charge in [-0.05, 0) is 30.3 Å². The molecule has 0 aliphatic carbocycles. The zero-order valence-corrected chi connectivity index (χ0v) is 13.4. The third-order valence-corrected chi connectivity index (χ3v) is 4.10. The number of phenols is 1. The van der Waals surface area contributed by atoms with Crippen LogP contribution >= 0.6 is 0 Å². The van der Waals surface area contributed by atoms with Crippen LogP contribution in [0.4, 0.5) is 13.2 Å². The van der Waals surface area contributed by atoms with E-state index in [4.69, 9.17) is 0 Å². The van der Waals surface area contributed by atoms with Crippen molar-refractivity contribution in [1.82, 2.24) is 9.55 Å². The molecule has 0 radical (unpaired) electrons. The molecule has 130 valence electrons. The molecule has 0 aliphatic rings. The van der Waals surface area contributed by atoms with Crippen molar-refractivity contribution in [3.8, 4) is 22.8 Å². The molecule has 0 saturated carbocycles. The molecular formula is C20H13F3N2O. The summed E-state index contributed by atoms with van der Waals surface area (Å²) in [5, 5.41) is 9.84. The number of rotatable bonds is 2. The smallest absolute Gasteiger partial charge is 0.416 e. The fourth-order valence-electron chi connectivity index (χ4n) is 2.93. The van der Waals surface area contributed by atoms with E-state index in [0.29, 0.717) is 22.5 Å². The summed E-state index contributed by atoms with van der Waals surface area (Å²) >= 11 is 0. The summed E-state index contributed by atoms with van der Waals surface area (Å²) in [4.78, 5) is 4.56. The normalized spacial score (nSPS) is 11.8. The van der Waals surface area contributed by atoms with E-state index in [-0.39, 0.29) is 5.75 Å². The molecule has 0 aliphatic heterocycles. The molecule has 3 nitrogen and oxygen atoms in total. The van der Waals surface area contributed by atoms with Gasteiger partial charge in [-0.2, -0.15) is 13.2 Å². The molecular weight excluding hydrogens is 341 g/mol. The molecule has 1 N–H and O–H groups in total. The number of halogens is 3. The van der Waals surface area contributed by atoms with Gasteiger partial charge in [0.2, 0.25) is 0 Å². The van der Waals surface area contributed by atoms with E-state index < -0.39 is 11.7 Å². The molecule has 26 heavy (non-hydrogen) atoms. The summed E-state index contributed by atoms with van der Waals surface area (Å²) in [6.07, 6.45) is -4.44. The standard InChI is InChI=1S/C20H13F3N2O/c21-20(22,23)14-7-4-8-15(11-14)25-18-12-16(26)9-10-17(18)24-19(25)13-5-2-1-3-6-13/h1-12,26H. The Morgan fingerprint density at radius 1 is 0.846 bits per heavy atom. The lowest BCUT2D eigenvalue weighted by atomic mass is 10.1. The van der Waals surface area contributed by atoms with Crippen molar-refractivity contribution >= 4 is 11.0 Å². The molecule has 0 atom stereocenters. The second kappa shape index (κ2) is 5.91. The van der Waals surface area contributed by atoms with Gasteiger partial charge < -0.3 is 5.11 Å². The second-order valence-electron chi connectivity index (χ2n) is 5.86. The van der Waals surface area contributed by atoms with Crippen molar-refractivity contribution in [3.63, 3.8) is 0 Å². The highest BCUT2D eigenvalue weighted by molar-refractivity contribution is 5.84. The number of phenolic OH excluding ortho intramolecular Hbond substituents is 1. The summed E-state index contributed by atoms with van der Waals surface area (Å²) in [5.74, 6) is 0.524. The quantitative estimate of drug-likeness (QED) is 0.522. The molecule has 4 aromatic rings.